The van der Waals surface area contributed by atoms with Gasteiger partial charge in [0, 0.05) is 0 Å². The molecule has 0 bridgehead atoms. The third-order valence-corrected chi connectivity index (χ3v) is 3.11. The fourth-order valence-corrected chi connectivity index (χ4v) is 2.24. The maximum atomic E-state index is 9.88. The molecular weight excluding hydrogens is 150 g/mol. The standard InChI is InChI=1S/C10H19NO/c1-9-5-2-3-6-10(9)7-4-8-11-12/h9-10H,2-8H2,1H3. The van der Waals surface area contributed by atoms with Gasteiger partial charge in [0.15, 0.2) is 0 Å². The Hall–Kier alpha value is -0.400. The monoisotopic (exact) mass is 169 g/mol. The number of nitroso groups, excluding NO2 is 1. The normalized spacial score (nSPS) is 30.1. The molecule has 2 nitrogen and oxygen atoms in total. The molecule has 0 spiro atoms. The first-order valence-corrected chi connectivity index (χ1v) is 5.13. The average molecular weight is 169 g/mol. The summed E-state index contributed by atoms with van der Waals surface area (Å²) in [5, 5.41) is 2.90. The van der Waals surface area contributed by atoms with E-state index in [1.165, 1.54) is 32.1 Å². The van der Waals surface area contributed by atoms with Crippen molar-refractivity contribution in [2.75, 3.05) is 6.54 Å². The van der Waals surface area contributed by atoms with Crippen molar-refractivity contribution in [3.63, 3.8) is 0 Å². The van der Waals surface area contributed by atoms with Gasteiger partial charge in [-0.25, -0.2) is 0 Å². The van der Waals surface area contributed by atoms with Crippen LogP contribution in [0, 0.1) is 16.7 Å². The van der Waals surface area contributed by atoms with Crippen LogP contribution >= 0.6 is 0 Å². The SMILES string of the molecule is CC1CCCCC1CCCN=O. The molecule has 12 heavy (non-hydrogen) atoms. The summed E-state index contributed by atoms with van der Waals surface area (Å²) in [7, 11) is 0. The largest absolute Gasteiger partial charge is 0.151 e. The lowest BCUT2D eigenvalue weighted by molar-refractivity contribution is 0.239. The summed E-state index contributed by atoms with van der Waals surface area (Å²) >= 11 is 0. The highest BCUT2D eigenvalue weighted by Gasteiger charge is 2.20. The van der Waals surface area contributed by atoms with Crippen LogP contribution in [-0.4, -0.2) is 6.54 Å². The van der Waals surface area contributed by atoms with E-state index in [1.54, 1.807) is 0 Å². The first-order valence-electron chi connectivity index (χ1n) is 5.13. The Labute approximate surface area is 74.7 Å². The summed E-state index contributed by atoms with van der Waals surface area (Å²) in [4.78, 5) is 9.88. The Kier molecular flexibility index (Phi) is 4.26. The quantitative estimate of drug-likeness (QED) is 0.468. The van der Waals surface area contributed by atoms with Crippen LogP contribution < -0.4 is 0 Å². The van der Waals surface area contributed by atoms with E-state index in [0.29, 0.717) is 6.54 Å². The molecule has 0 aromatic heterocycles. The molecule has 0 aliphatic heterocycles. The molecule has 2 heteroatoms. The Morgan fingerprint density at radius 1 is 1.33 bits per heavy atom. The van der Waals surface area contributed by atoms with E-state index in [4.69, 9.17) is 0 Å². The molecule has 0 radical (unpaired) electrons. The summed E-state index contributed by atoms with van der Waals surface area (Å²) in [5.74, 6) is 1.76. The van der Waals surface area contributed by atoms with Crippen LogP contribution in [0.4, 0.5) is 0 Å². The van der Waals surface area contributed by atoms with E-state index < -0.39 is 0 Å². The lowest BCUT2D eigenvalue weighted by Gasteiger charge is -2.28. The van der Waals surface area contributed by atoms with Crippen molar-refractivity contribution in [2.45, 2.75) is 45.4 Å². The zero-order valence-corrected chi connectivity index (χ0v) is 7.96. The van der Waals surface area contributed by atoms with Gasteiger partial charge in [-0.3, -0.25) is 0 Å². The van der Waals surface area contributed by atoms with Crippen molar-refractivity contribution in [1.82, 2.24) is 0 Å². The number of hydrogen-bond donors (Lipinski definition) is 0. The molecule has 1 rings (SSSR count). The molecule has 2 unspecified atom stereocenters. The maximum absolute atomic E-state index is 9.88. The fourth-order valence-electron chi connectivity index (χ4n) is 2.24. The van der Waals surface area contributed by atoms with Crippen LogP contribution in [0.15, 0.2) is 5.18 Å². The van der Waals surface area contributed by atoms with Gasteiger partial charge < -0.3 is 0 Å². The maximum Gasteiger partial charge on any atom is 0.0811 e. The van der Waals surface area contributed by atoms with Gasteiger partial charge in [-0.15, -0.1) is 0 Å². The summed E-state index contributed by atoms with van der Waals surface area (Å²) in [6.07, 6.45) is 7.78. The van der Waals surface area contributed by atoms with E-state index in [1.807, 2.05) is 0 Å². The highest BCUT2D eigenvalue weighted by molar-refractivity contribution is 4.72. The van der Waals surface area contributed by atoms with Crippen LogP contribution in [-0.2, 0) is 0 Å². The first kappa shape index (κ1) is 9.69. The molecule has 1 aliphatic rings. The van der Waals surface area contributed by atoms with Gasteiger partial charge in [-0.05, 0) is 24.7 Å². The van der Waals surface area contributed by atoms with Gasteiger partial charge in [0.1, 0.15) is 0 Å². The second-order valence-electron chi connectivity index (χ2n) is 4.02. The van der Waals surface area contributed by atoms with Crippen LogP contribution in [0.5, 0.6) is 0 Å². The lowest BCUT2D eigenvalue weighted by Crippen LogP contribution is -2.16. The van der Waals surface area contributed by atoms with Crippen molar-refractivity contribution >= 4 is 0 Å². The van der Waals surface area contributed by atoms with E-state index in [0.717, 1.165) is 18.3 Å². The predicted octanol–water partition coefficient (Wildman–Crippen LogP) is 3.36. The van der Waals surface area contributed by atoms with Gasteiger partial charge in [0.2, 0.25) is 0 Å². The summed E-state index contributed by atoms with van der Waals surface area (Å²) in [6, 6.07) is 0. The molecule has 1 fully saturated rings. The predicted molar refractivity (Wildman–Crippen MR) is 51.0 cm³/mol. The average Bonchev–Trinajstić information content (AvgIpc) is 2.09. The molecule has 70 valence electrons. The minimum absolute atomic E-state index is 0.517. The van der Waals surface area contributed by atoms with Gasteiger partial charge >= 0.3 is 0 Å². The molecule has 0 amide bonds. The van der Waals surface area contributed by atoms with Crippen LogP contribution in [0.1, 0.15) is 45.4 Å². The molecule has 0 aromatic rings. The first-order chi connectivity index (χ1) is 5.84. The Balaban J connectivity index is 2.15. The Morgan fingerprint density at radius 3 is 2.75 bits per heavy atom. The number of hydrogen-bond acceptors (Lipinski definition) is 2. The molecular formula is C10H19NO. The highest BCUT2D eigenvalue weighted by Crippen LogP contribution is 2.32. The molecule has 0 heterocycles. The van der Waals surface area contributed by atoms with Crippen LogP contribution in [0.2, 0.25) is 0 Å². The Morgan fingerprint density at radius 2 is 2.08 bits per heavy atom. The van der Waals surface area contributed by atoms with Gasteiger partial charge in [-0.1, -0.05) is 37.8 Å². The van der Waals surface area contributed by atoms with Gasteiger partial charge in [0.25, 0.3) is 0 Å². The molecule has 0 N–H and O–H groups in total. The molecule has 1 aliphatic carbocycles. The van der Waals surface area contributed by atoms with Gasteiger partial charge in [0.05, 0.1) is 6.54 Å². The molecule has 0 saturated heterocycles. The van der Waals surface area contributed by atoms with Crippen molar-refractivity contribution < 1.29 is 0 Å². The van der Waals surface area contributed by atoms with Crippen molar-refractivity contribution in [2.24, 2.45) is 17.0 Å². The van der Waals surface area contributed by atoms with E-state index in [2.05, 4.69) is 12.1 Å². The summed E-state index contributed by atoms with van der Waals surface area (Å²) < 4.78 is 0. The van der Waals surface area contributed by atoms with E-state index in [9.17, 15) is 4.91 Å². The topological polar surface area (TPSA) is 29.4 Å². The summed E-state index contributed by atoms with van der Waals surface area (Å²) in [6.45, 7) is 2.86. The van der Waals surface area contributed by atoms with Crippen molar-refractivity contribution in [1.29, 1.82) is 0 Å². The molecule has 1 saturated carbocycles. The lowest BCUT2D eigenvalue weighted by atomic mass is 9.78. The van der Waals surface area contributed by atoms with Crippen molar-refractivity contribution in [3.05, 3.63) is 4.91 Å². The second-order valence-corrected chi connectivity index (χ2v) is 4.02. The third-order valence-electron chi connectivity index (χ3n) is 3.11. The minimum Gasteiger partial charge on any atom is -0.151 e. The second kappa shape index (κ2) is 5.28. The molecule has 0 aromatic carbocycles. The van der Waals surface area contributed by atoms with Crippen LogP contribution in [0.25, 0.3) is 0 Å². The number of rotatable bonds is 4. The highest BCUT2D eigenvalue weighted by atomic mass is 16.3. The number of nitrogens with zero attached hydrogens (tertiary/aromatic N) is 1. The smallest absolute Gasteiger partial charge is 0.0811 e. The van der Waals surface area contributed by atoms with E-state index >= 15 is 0 Å². The zero-order valence-electron chi connectivity index (χ0n) is 7.96. The summed E-state index contributed by atoms with van der Waals surface area (Å²) in [5.41, 5.74) is 0. The zero-order chi connectivity index (χ0) is 8.81. The fraction of sp³-hybridized carbons (Fsp3) is 1.00. The molecule has 2 atom stereocenters. The third kappa shape index (κ3) is 2.92. The van der Waals surface area contributed by atoms with Crippen LogP contribution in [0.3, 0.4) is 0 Å². The Bertz CT molecular complexity index is 136. The minimum atomic E-state index is 0.517. The van der Waals surface area contributed by atoms with E-state index in [-0.39, 0.29) is 0 Å². The van der Waals surface area contributed by atoms with Gasteiger partial charge in [-0.2, -0.15) is 4.91 Å². The van der Waals surface area contributed by atoms with Crippen molar-refractivity contribution in [3.8, 4) is 0 Å².